The van der Waals surface area contributed by atoms with E-state index < -0.39 is 6.29 Å². The molecule has 2 heteroatoms. The average molecular weight is 178 g/mol. The number of benzene rings is 1. The van der Waals surface area contributed by atoms with Crippen molar-refractivity contribution in [2.24, 2.45) is 0 Å². The second-order valence-corrected chi connectivity index (χ2v) is 4.16. The summed E-state index contributed by atoms with van der Waals surface area (Å²) in [6.45, 7) is 4.25. The second-order valence-electron chi connectivity index (χ2n) is 4.16. The minimum atomic E-state index is -0.662. The molecular formula is C11H14O2. The fourth-order valence-corrected chi connectivity index (χ4v) is 1.86. The summed E-state index contributed by atoms with van der Waals surface area (Å²) in [7, 11) is 0. The number of hydrogen-bond acceptors (Lipinski definition) is 2. The van der Waals surface area contributed by atoms with E-state index in [1.54, 1.807) is 0 Å². The van der Waals surface area contributed by atoms with E-state index >= 15 is 0 Å². The lowest BCUT2D eigenvalue weighted by molar-refractivity contribution is -0.0497. The summed E-state index contributed by atoms with van der Waals surface area (Å²) in [5.41, 5.74) is 1.19. The Morgan fingerprint density at radius 2 is 2.08 bits per heavy atom. The van der Waals surface area contributed by atoms with Gasteiger partial charge in [0.25, 0.3) is 0 Å². The Hall–Kier alpha value is -1.02. The smallest absolute Gasteiger partial charge is 0.198 e. The molecule has 1 aliphatic rings. The molecule has 2 nitrogen and oxygen atoms in total. The zero-order valence-corrected chi connectivity index (χ0v) is 7.95. The predicted octanol–water partition coefficient (Wildman–Crippen LogP) is 2.07. The lowest BCUT2D eigenvalue weighted by Crippen LogP contribution is -2.33. The van der Waals surface area contributed by atoms with Gasteiger partial charge >= 0.3 is 0 Å². The first-order chi connectivity index (χ1) is 6.09. The summed E-state index contributed by atoms with van der Waals surface area (Å²) in [6.07, 6.45) is -0.00537. The summed E-state index contributed by atoms with van der Waals surface area (Å²) in [5, 5.41) is 9.47. The molecule has 1 aromatic rings. The highest BCUT2D eigenvalue weighted by atomic mass is 16.6. The molecular weight excluding hydrogens is 164 g/mol. The van der Waals surface area contributed by atoms with Crippen LogP contribution in [-0.2, 0) is 5.41 Å². The molecule has 0 saturated heterocycles. The van der Waals surface area contributed by atoms with Crippen molar-refractivity contribution in [3.8, 4) is 5.75 Å². The summed E-state index contributed by atoms with van der Waals surface area (Å²) < 4.78 is 5.32. The highest BCUT2D eigenvalue weighted by Gasteiger charge is 2.32. The van der Waals surface area contributed by atoms with E-state index in [1.165, 1.54) is 5.56 Å². The highest BCUT2D eigenvalue weighted by molar-refractivity contribution is 5.40. The zero-order chi connectivity index (χ0) is 9.47. The molecule has 0 amide bonds. The maximum absolute atomic E-state index is 9.47. The van der Waals surface area contributed by atoms with Crippen LogP contribution in [0.15, 0.2) is 24.3 Å². The zero-order valence-electron chi connectivity index (χ0n) is 7.95. The van der Waals surface area contributed by atoms with Crippen molar-refractivity contribution in [2.45, 2.75) is 32.0 Å². The minimum absolute atomic E-state index is 0.00819. The van der Waals surface area contributed by atoms with Gasteiger partial charge in [-0.1, -0.05) is 32.0 Å². The summed E-state index contributed by atoms with van der Waals surface area (Å²) in [6, 6.07) is 7.88. The SMILES string of the molecule is CC1(C)CC(O)Oc2ccccc21. The van der Waals surface area contributed by atoms with Crippen molar-refractivity contribution >= 4 is 0 Å². The number of para-hydroxylation sites is 1. The molecule has 0 fully saturated rings. The molecule has 1 heterocycles. The van der Waals surface area contributed by atoms with Gasteiger partial charge in [0.15, 0.2) is 6.29 Å². The van der Waals surface area contributed by atoms with E-state index in [0.717, 1.165) is 5.75 Å². The third-order valence-corrected chi connectivity index (χ3v) is 2.56. The first-order valence-electron chi connectivity index (χ1n) is 4.54. The topological polar surface area (TPSA) is 29.5 Å². The number of rotatable bonds is 0. The Kier molecular flexibility index (Phi) is 1.81. The Bertz CT molecular complexity index is 318. The standard InChI is InChI=1S/C11H14O2/c1-11(2)7-10(12)13-9-6-4-3-5-8(9)11/h3-6,10,12H,7H2,1-2H3. The average Bonchev–Trinajstić information content (AvgIpc) is 2.02. The Labute approximate surface area is 78.2 Å². The number of ether oxygens (including phenoxy) is 1. The molecule has 1 N–H and O–H groups in total. The fraction of sp³-hybridized carbons (Fsp3) is 0.455. The Morgan fingerprint density at radius 3 is 2.85 bits per heavy atom. The highest BCUT2D eigenvalue weighted by Crippen LogP contribution is 2.39. The molecule has 70 valence electrons. The predicted molar refractivity (Wildman–Crippen MR) is 50.7 cm³/mol. The van der Waals surface area contributed by atoms with Gasteiger partial charge in [0.1, 0.15) is 5.75 Å². The molecule has 0 saturated carbocycles. The van der Waals surface area contributed by atoms with Gasteiger partial charge in [-0.15, -0.1) is 0 Å². The van der Waals surface area contributed by atoms with Gasteiger partial charge in [0.05, 0.1) is 0 Å². The van der Waals surface area contributed by atoms with Crippen LogP contribution >= 0.6 is 0 Å². The van der Waals surface area contributed by atoms with Crippen LogP contribution in [0.1, 0.15) is 25.8 Å². The normalized spacial score (nSPS) is 24.7. The van der Waals surface area contributed by atoms with Crippen molar-refractivity contribution < 1.29 is 9.84 Å². The maximum Gasteiger partial charge on any atom is 0.198 e. The van der Waals surface area contributed by atoms with E-state index in [0.29, 0.717) is 6.42 Å². The van der Waals surface area contributed by atoms with Crippen LogP contribution < -0.4 is 4.74 Å². The molecule has 0 aliphatic carbocycles. The van der Waals surface area contributed by atoms with Crippen LogP contribution in [0.5, 0.6) is 5.75 Å². The van der Waals surface area contributed by atoms with Crippen LogP contribution in [0, 0.1) is 0 Å². The molecule has 1 aromatic carbocycles. The van der Waals surface area contributed by atoms with Gasteiger partial charge in [0.2, 0.25) is 0 Å². The van der Waals surface area contributed by atoms with Gasteiger partial charge in [-0.3, -0.25) is 0 Å². The first-order valence-corrected chi connectivity index (χ1v) is 4.54. The molecule has 1 unspecified atom stereocenters. The Balaban J connectivity index is 2.50. The van der Waals surface area contributed by atoms with Crippen LogP contribution in [0.3, 0.4) is 0 Å². The molecule has 13 heavy (non-hydrogen) atoms. The molecule has 1 aliphatic heterocycles. The summed E-state index contributed by atoms with van der Waals surface area (Å²) in [5.74, 6) is 0.811. The van der Waals surface area contributed by atoms with Crippen LogP contribution in [0.2, 0.25) is 0 Å². The molecule has 0 aromatic heterocycles. The number of hydrogen-bond donors (Lipinski definition) is 1. The number of aliphatic hydroxyl groups excluding tert-OH is 1. The van der Waals surface area contributed by atoms with Crippen molar-refractivity contribution in [3.63, 3.8) is 0 Å². The summed E-state index contributed by atoms with van der Waals surface area (Å²) in [4.78, 5) is 0. The quantitative estimate of drug-likeness (QED) is 0.659. The van der Waals surface area contributed by atoms with Gasteiger partial charge in [0, 0.05) is 12.0 Å². The largest absolute Gasteiger partial charge is 0.465 e. The molecule has 2 rings (SSSR count). The van der Waals surface area contributed by atoms with Crippen molar-refractivity contribution in [3.05, 3.63) is 29.8 Å². The lowest BCUT2D eigenvalue weighted by Gasteiger charge is -2.35. The van der Waals surface area contributed by atoms with E-state index in [4.69, 9.17) is 4.74 Å². The van der Waals surface area contributed by atoms with Crippen LogP contribution in [-0.4, -0.2) is 11.4 Å². The monoisotopic (exact) mass is 178 g/mol. The molecule has 0 radical (unpaired) electrons. The van der Waals surface area contributed by atoms with E-state index in [1.807, 2.05) is 18.2 Å². The Morgan fingerprint density at radius 1 is 1.38 bits per heavy atom. The lowest BCUT2D eigenvalue weighted by atomic mass is 9.79. The summed E-state index contributed by atoms with van der Waals surface area (Å²) >= 11 is 0. The molecule has 0 bridgehead atoms. The first kappa shape index (κ1) is 8.57. The third-order valence-electron chi connectivity index (χ3n) is 2.56. The van der Waals surface area contributed by atoms with Crippen LogP contribution in [0.25, 0.3) is 0 Å². The van der Waals surface area contributed by atoms with Gasteiger partial charge < -0.3 is 9.84 Å². The van der Waals surface area contributed by atoms with E-state index in [2.05, 4.69) is 19.9 Å². The van der Waals surface area contributed by atoms with E-state index in [9.17, 15) is 5.11 Å². The minimum Gasteiger partial charge on any atom is -0.465 e. The van der Waals surface area contributed by atoms with Gasteiger partial charge in [-0.2, -0.15) is 0 Å². The number of aliphatic hydroxyl groups is 1. The van der Waals surface area contributed by atoms with Crippen molar-refractivity contribution in [1.29, 1.82) is 0 Å². The fourth-order valence-electron chi connectivity index (χ4n) is 1.86. The second kappa shape index (κ2) is 2.74. The molecule has 0 spiro atoms. The van der Waals surface area contributed by atoms with Gasteiger partial charge in [-0.05, 0) is 11.5 Å². The molecule has 1 atom stereocenters. The maximum atomic E-state index is 9.47. The van der Waals surface area contributed by atoms with Crippen molar-refractivity contribution in [1.82, 2.24) is 0 Å². The third kappa shape index (κ3) is 1.42. The number of fused-ring (bicyclic) bond motifs is 1. The van der Waals surface area contributed by atoms with Gasteiger partial charge in [-0.25, -0.2) is 0 Å². The van der Waals surface area contributed by atoms with E-state index in [-0.39, 0.29) is 5.41 Å². The van der Waals surface area contributed by atoms with Crippen molar-refractivity contribution in [2.75, 3.05) is 0 Å². The van der Waals surface area contributed by atoms with Crippen LogP contribution in [0.4, 0.5) is 0 Å².